The monoisotopic (exact) mass is 298 g/mol. The Morgan fingerprint density at radius 1 is 1.23 bits per heavy atom. The van der Waals surface area contributed by atoms with E-state index in [1.165, 1.54) is 6.33 Å². The van der Waals surface area contributed by atoms with E-state index < -0.39 is 0 Å². The number of hydrogen-bond acceptors (Lipinski definition) is 4. The van der Waals surface area contributed by atoms with Crippen LogP contribution in [0.5, 0.6) is 0 Å². The van der Waals surface area contributed by atoms with Gasteiger partial charge in [-0.2, -0.15) is 0 Å². The Morgan fingerprint density at radius 2 is 2.00 bits per heavy atom. The van der Waals surface area contributed by atoms with E-state index in [2.05, 4.69) is 27.5 Å². The van der Waals surface area contributed by atoms with Crippen molar-refractivity contribution in [2.24, 2.45) is 0 Å². The summed E-state index contributed by atoms with van der Waals surface area (Å²) in [7, 11) is 0. The average Bonchev–Trinajstić information content (AvgIpc) is 2.56. The van der Waals surface area contributed by atoms with Gasteiger partial charge in [0.2, 0.25) is 0 Å². The molecule has 1 amide bonds. The van der Waals surface area contributed by atoms with Crippen molar-refractivity contribution in [3.8, 4) is 0 Å². The van der Waals surface area contributed by atoms with Crippen molar-refractivity contribution in [2.45, 2.75) is 32.7 Å². The van der Waals surface area contributed by atoms with Gasteiger partial charge < -0.3 is 10.6 Å². The fourth-order valence-electron chi connectivity index (χ4n) is 2.07. The van der Waals surface area contributed by atoms with E-state index >= 15 is 0 Å². The molecular formula is C17H22N4O. The molecule has 1 aromatic carbocycles. The van der Waals surface area contributed by atoms with Gasteiger partial charge in [0, 0.05) is 12.6 Å². The van der Waals surface area contributed by atoms with E-state index in [-0.39, 0.29) is 11.9 Å². The Balaban J connectivity index is 1.98. The zero-order valence-corrected chi connectivity index (χ0v) is 13.0. The maximum Gasteiger partial charge on any atom is 0.270 e. The number of unbranched alkanes of at least 4 members (excludes halogenated alkanes) is 1. The minimum absolute atomic E-state index is 0.0693. The van der Waals surface area contributed by atoms with Crippen molar-refractivity contribution in [2.75, 3.05) is 11.9 Å². The van der Waals surface area contributed by atoms with Gasteiger partial charge in [-0.25, -0.2) is 9.97 Å². The molecule has 5 nitrogen and oxygen atoms in total. The van der Waals surface area contributed by atoms with Crippen LogP contribution in [0.3, 0.4) is 0 Å². The van der Waals surface area contributed by atoms with Crippen molar-refractivity contribution in [1.82, 2.24) is 15.3 Å². The summed E-state index contributed by atoms with van der Waals surface area (Å²) in [6.07, 6.45) is 3.59. The Kier molecular flexibility index (Phi) is 5.89. The second-order valence-corrected chi connectivity index (χ2v) is 5.17. The molecule has 0 radical (unpaired) electrons. The Morgan fingerprint density at radius 3 is 2.73 bits per heavy atom. The van der Waals surface area contributed by atoms with Gasteiger partial charge in [0.25, 0.3) is 5.91 Å². The minimum atomic E-state index is -0.197. The zero-order valence-electron chi connectivity index (χ0n) is 13.0. The molecule has 1 unspecified atom stereocenters. The van der Waals surface area contributed by atoms with Crippen molar-refractivity contribution in [3.63, 3.8) is 0 Å². The standard InChI is InChI=1S/C17H22N4O/c1-3-4-10-18-16-11-15(19-12-20-16)17(22)21-13(2)14-8-6-5-7-9-14/h5-9,11-13H,3-4,10H2,1-2H3,(H,21,22)(H,18,19,20). The molecule has 2 N–H and O–H groups in total. The second kappa shape index (κ2) is 8.12. The number of rotatable bonds is 7. The first-order valence-electron chi connectivity index (χ1n) is 7.62. The molecule has 0 aliphatic rings. The van der Waals surface area contributed by atoms with Crippen LogP contribution in [-0.2, 0) is 0 Å². The highest BCUT2D eigenvalue weighted by molar-refractivity contribution is 5.93. The van der Waals surface area contributed by atoms with E-state index in [9.17, 15) is 4.79 Å². The van der Waals surface area contributed by atoms with E-state index in [1.54, 1.807) is 6.07 Å². The molecule has 0 saturated heterocycles. The zero-order chi connectivity index (χ0) is 15.8. The van der Waals surface area contributed by atoms with Gasteiger partial charge in [-0.3, -0.25) is 4.79 Å². The predicted octanol–water partition coefficient (Wildman–Crippen LogP) is 3.18. The molecule has 0 aliphatic carbocycles. The van der Waals surface area contributed by atoms with E-state index in [0.717, 1.165) is 24.9 Å². The molecule has 0 bridgehead atoms. The number of benzene rings is 1. The topological polar surface area (TPSA) is 66.9 Å². The number of carbonyl (C=O) groups is 1. The van der Waals surface area contributed by atoms with Gasteiger partial charge in [0.1, 0.15) is 17.8 Å². The molecule has 0 fully saturated rings. The summed E-state index contributed by atoms with van der Waals surface area (Å²) >= 11 is 0. The molecule has 1 atom stereocenters. The number of carbonyl (C=O) groups excluding carboxylic acids is 1. The van der Waals surface area contributed by atoms with E-state index in [4.69, 9.17) is 0 Å². The Labute approximate surface area is 131 Å². The lowest BCUT2D eigenvalue weighted by molar-refractivity contribution is 0.0934. The van der Waals surface area contributed by atoms with Crippen LogP contribution in [0.25, 0.3) is 0 Å². The second-order valence-electron chi connectivity index (χ2n) is 5.17. The van der Waals surface area contributed by atoms with E-state index in [0.29, 0.717) is 11.5 Å². The molecule has 1 aromatic heterocycles. The SMILES string of the molecule is CCCCNc1cc(C(=O)NC(C)c2ccccc2)ncn1. The van der Waals surface area contributed by atoms with Crippen molar-refractivity contribution in [1.29, 1.82) is 0 Å². The third kappa shape index (κ3) is 4.55. The molecule has 116 valence electrons. The molecule has 0 saturated carbocycles. The Bertz CT molecular complexity index is 601. The maximum absolute atomic E-state index is 12.3. The summed E-state index contributed by atoms with van der Waals surface area (Å²) in [5.41, 5.74) is 1.43. The van der Waals surface area contributed by atoms with Crippen LogP contribution in [0.2, 0.25) is 0 Å². The van der Waals surface area contributed by atoms with Crippen LogP contribution in [0.4, 0.5) is 5.82 Å². The number of aromatic nitrogens is 2. The van der Waals surface area contributed by atoms with Crippen LogP contribution in [0.1, 0.15) is 48.8 Å². The van der Waals surface area contributed by atoms with Crippen LogP contribution in [-0.4, -0.2) is 22.4 Å². The van der Waals surface area contributed by atoms with Crippen LogP contribution < -0.4 is 10.6 Å². The summed E-state index contributed by atoms with van der Waals surface area (Å²) in [5, 5.41) is 6.14. The van der Waals surface area contributed by atoms with Gasteiger partial charge in [-0.05, 0) is 18.9 Å². The number of nitrogens with one attached hydrogen (secondary N) is 2. The molecule has 0 aliphatic heterocycles. The van der Waals surface area contributed by atoms with Crippen molar-refractivity contribution in [3.05, 3.63) is 54.0 Å². The molecule has 0 spiro atoms. The van der Waals surface area contributed by atoms with Gasteiger partial charge in [-0.1, -0.05) is 43.7 Å². The lowest BCUT2D eigenvalue weighted by Gasteiger charge is -2.14. The first-order valence-corrected chi connectivity index (χ1v) is 7.62. The highest BCUT2D eigenvalue weighted by Crippen LogP contribution is 2.12. The lowest BCUT2D eigenvalue weighted by atomic mass is 10.1. The number of hydrogen-bond donors (Lipinski definition) is 2. The van der Waals surface area contributed by atoms with E-state index in [1.807, 2.05) is 37.3 Å². The van der Waals surface area contributed by atoms with Crippen LogP contribution in [0, 0.1) is 0 Å². The molecule has 1 heterocycles. The highest BCUT2D eigenvalue weighted by Gasteiger charge is 2.13. The average molecular weight is 298 g/mol. The minimum Gasteiger partial charge on any atom is -0.370 e. The molecule has 2 rings (SSSR count). The molecular weight excluding hydrogens is 276 g/mol. The fourth-order valence-corrected chi connectivity index (χ4v) is 2.07. The van der Waals surface area contributed by atoms with Gasteiger partial charge >= 0.3 is 0 Å². The normalized spacial score (nSPS) is 11.7. The Hall–Kier alpha value is -2.43. The third-order valence-electron chi connectivity index (χ3n) is 3.38. The van der Waals surface area contributed by atoms with Crippen LogP contribution >= 0.6 is 0 Å². The summed E-state index contributed by atoms with van der Waals surface area (Å²) in [6.45, 7) is 4.93. The van der Waals surface area contributed by atoms with Gasteiger partial charge in [0.05, 0.1) is 6.04 Å². The number of amides is 1. The molecule has 22 heavy (non-hydrogen) atoms. The first kappa shape index (κ1) is 15.9. The smallest absolute Gasteiger partial charge is 0.270 e. The third-order valence-corrected chi connectivity index (χ3v) is 3.38. The number of anilines is 1. The fraction of sp³-hybridized carbons (Fsp3) is 0.353. The summed E-state index contributed by atoms with van der Waals surface area (Å²) in [4.78, 5) is 20.5. The van der Waals surface area contributed by atoms with Crippen molar-refractivity contribution < 1.29 is 4.79 Å². The first-order chi connectivity index (χ1) is 10.7. The summed E-state index contributed by atoms with van der Waals surface area (Å²) < 4.78 is 0. The van der Waals surface area contributed by atoms with Crippen LogP contribution in [0.15, 0.2) is 42.7 Å². The maximum atomic E-state index is 12.3. The summed E-state index contributed by atoms with van der Waals surface area (Å²) in [5.74, 6) is 0.484. The van der Waals surface area contributed by atoms with Crippen molar-refractivity contribution >= 4 is 11.7 Å². The number of nitrogens with zero attached hydrogens (tertiary/aromatic N) is 2. The quantitative estimate of drug-likeness (QED) is 0.770. The van der Waals surface area contributed by atoms with Gasteiger partial charge in [0.15, 0.2) is 0 Å². The highest BCUT2D eigenvalue weighted by atomic mass is 16.1. The van der Waals surface area contributed by atoms with Gasteiger partial charge in [-0.15, -0.1) is 0 Å². The molecule has 5 heteroatoms. The molecule has 2 aromatic rings. The summed E-state index contributed by atoms with van der Waals surface area (Å²) in [6, 6.07) is 11.5. The predicted molar refractivity (Wildman–Crippen MR) is 87.8 cm³/mol. The lowest BCUT2D eigenvalue weighted by Crippen LogP contribution is -2.27. The largest absolute Gasteiger partial charge is 0.370 e.